The first-order chi connectivity index (χ1) is 22.5. The minimum absolute atomic E-state index is 0.260. The lowest BCUT2D eigenvalue weighted by molar-refractivity contribution is -0.150. The fourth-order valence-electron chi connectivity index (χ4n) is 5.26. The Labute approximate surface area is 280 Å². The van der Waals surface area contributed by atoms with E-state index in [1.54, 1.807) is 37.7 Å². The summed E-state index contributed by atoms with van der Waals surface area (Å²) in [5.74, 6) is 0.599. The van der Waals surface area contributed by atoms with Crippen molar-refractivity contribution in [3.8, 4) is 16.3 Å². The molecule has 1 saturated heterocycles. The molecule has 0 saturated carbocycles. The number of halogens is 4. The highest BCUT2D eigenvalue weighted by Gasteiger charge is 2.30. The van der Waals surface area contributed by atoms with Crippen molar-refractivity contribution in [3.63, 3.8) is 0 Å². The molecular weight excluding hydrogens is 651 g/mol. The van der Waals surface area contributed by atoms with Crippen LogP contribution in [0.2, 0.25) is 0 Å². The number of carbonyl (C=O) groups is 1. The van der Waals surface area contributed by atoms with Crippen LogP contribution in [0.5, 0.6) is 5.75 Å². The zero-order valence-electron chi connectivity index (χ0n) is 26.5. The monoisotopic (exact) mass is 687 g/mol. The number of aromatic nitrogens is 1. The summed E-state index contributed by atoms with van der Waals surface area (Å²) in [7, 11) is 0. The summed E-state index contributed by atoms with van der Waals surface area (Å²) in [4.78, 5) is 23.7. The number of rotatable bonds is 12. The molecular formula is C35H37F4N3O3S2. The van der Waals surface area contributed by atoms with Crippen molar-refractivity contribution in [1.29, 1.82) is 0 Å². The molecule has 1 aliphatic heterocycles. The van der Waals surface area contributed by atoms with Gasteiger partial charge in [0.05, 0.1) is 17.9 Å². The fourth-order valence-corrected chi connectivity index (χ4v) is 7.39. The highest BCUT2D eigenvalue weighted by atomic mass is 32.2. The van der Waals surface area contributed by atoms with E-state index in [1.807, 2.05) is 19.1 Å². The molecule has 1 aliphatic rings. The molecule has 1 fully saturated rings. The summed E-state index contributed by atoms with van der Waals surface area (Å²) in [6.45, 7) is 9.51. The first kappa shape index (κ1) is 34.7. The molecule has 0 radical (unpaired) electrons. The largest absolute Gasteiger partial charge is 0.479 e. The number of alkyl halides is 3. The zero-order valence-corrected chi connectivity index (χ0v) is 28.1. The molecule has 1 aromatic heterocycles. The number of carbonyl (C=O) groups excluding carboxylic acids is 1. The molecule has 0 bridgehead atoms. The summed E-state index contributed by atoms with van der Waals surface area (Å²) in [5, 5.41) is 0.681. The third kappa shape index (κ3) is 9.05. The van der Waals surface area contributed by atoms with Gasteiger partial charge in [-0.25, -0.2) is 14.2 Å². The van der Waals surface area contributed by atoms with Crippen LogP contribution in [0.15, 0.2) is 71.6 Å². The van der Waals surface area contributed by atoms with Crippen LogP contribution in [-0.2, 0) is 34.4 Å². The van der Waals surface area contributed by atoms with Crippen LogP contribution in [0.1, 0.15) is 42.5 Å². The lowest BCUT2D eigenvalue weighted by Crippen LogP contribution is -2.46. The molecule has 2 heterocycles. The second kappa shape index (κ2) is 15.5. The predicted octanol–water partition coefficient (Wildman–Crippen LogP) is 8.48. The van der Waals surface area contributed by atoms with E-state index in [9.17, 15) is 22.4 Å². The van der Waals surface area contributed by atoms with Crippen molar-refractivity contribution in [2.45, 2.75) is 56.7 Å². The first-order valence-corrected chi connectivity index (χ1v) is 17.3. The summed E-state index contributed by atoms with van der Waals surface area (Å²) in [6, 6.07) is 17.6. The van der Waals surface area contributed by atoms with E-state index in [2.05, 4.69) is 15.9 Å². The summed E-state index contributed by atoms with van der Waals surface area (Å²) in [6.07, 6.45) is -4.41. The molecule has 0 spiro atoms. The van der Waals surface area contributed by atoms with Crippen LogP contribution in [0.4, 0.5) is 23.2 Å². The number of benzene rings is 3. The summed E-state index contributed by atoms with van der Waals surface area (Å²) in [5.41, 5.74) is 2.82. The van der Waals surface area contributed by atoms with E-state index in [-0.39, 0.29) is 12.4 Å². The quantitative estimate of drug-likeness (QED) is 0.0842. The van der Waals surface area contributed by atoms with Gasteiger partial charge in [-0.15, -0.1) is 23.1 Å². The number of aryl methyl sites for hydroxylation is 1. The number of piperazine rings is 1. The standard InChI is InChI=1S/C35H37F4N3O3S2/c1-4-24-20-29(14-15-31(24)45-23(3)34(43)44-5-2)46-22-32-30(40-33(47-32)25-6-8-26(9-7-25)35(37,38)39)21-41-16-18-42(19-17-41)28-12-10-27(36)11-13-28/h6-15,20,23H,4-5,16-19,21-22H2,1-3H3. The van der Waals surface area contributed by atoms with E-state index in [4.69, 9.17) is 14.5 Å². The minimum Gasteiger partial charge on any atom is -0.479 e. The lowest BCUT2D eigenvalue weighted by Gasteiger charge is -2.36. The summed E-state index contributed by atoms with van der Waals surface area (Å²) >= 11 is 3.15. The van der Waals surface area contributed by atoms with Gasteiger partial charge in [-0.1, -0.05) is 19.1 Å². The third-order valence-electron chi connectivity index (χ3n) is 7.88. The number of hydrogen-bond acceptors (Lipinski definition) is 8. The molecule has 12 heteroatoms. The number of thioether (sulfide) groups is 1. The van der Waals surface area contributed by atoms with Crippen LogP contribution < -0.4 is 9.64 Å². The van der Waals surface area contributed by atoms with Crippen molar-refractivity contribution in [2.75, 3.05) is 37.7 Å². The van der Waals surface area contributed by atoms with Crippen LogP contribution in [-0.4, -0.2) is 54.7 Å². The van der Waals surface area contributed by atoms with E-state index >= 15 is 0 Å². The maximum absolute atomic E-state index is 13.4. The maximum Gasteiger partial charge on any atom is 0.416 e. The molecule has 47 heavy (non-hydrogen) atoms. The van der Waals surface area contributed by atoms with Crippen LogP contribution in [0.3, 0.4) is 0 Å². The highest BCUT2D eigenvalue weighted by molar-refractivity contribution is 7.98. The first-order valence-electron chi connectivity index (χ1n) is 15.5. The predicted molar refractivity (Wildman–Crippen MR) is 179 cm³/mol. The topological polar surface area (TPSA) is 54.9 Å². The van der Waals surface area contributed by atoms with Crippen LogP contribution >= 0.6 is 23.1 Å². The zero-order chi connectivity index (χ0) is 33.6. The average molecular weight is 688 g/mol. The molecule has 6 nitrogen and oxygen atoms in total. The number of thiazole rings is 1. The molecule has 0 N–H and O–H groups in total. The number of nitrogens with zero attached hydrogens (tertiary/aromatic N) is 3. The molecule has 3 aromatic carbocycles. The van der Waals surface area contributed by atoms with Gasteiger partial charge in [-0.3, -0.25) is 4.90 Å². The number of ether oxygens (including phenoxy) is 2. The van der Waals surface area contributed by atoms with Gasteiger partial charge in [0.15, 0.2) is 6.10 Å². The smallest absolute Gasteiger partial charge is 0.416 e. The van der Waals surface area contributed by atoms with Crippen molar-refractivity contribution in [3.05, 3.63) is 94.2 Å². The highest BCUT2D eigenvalue weighted by Crippen LogP contribution is 2.37. The Morgan fingerprint density at radius 1 is 1.00 bits per heavy atom. The van der Waals surface area contributed by atoms with Crippen LogP contribution in [0, 0.1) is 5.82 Å². The molecule has 5 rings (SSSR count). The van der Waals surface area contributed by atoms with Crippen molar-refractivity contribution in [2.24, 2.45) is 0 Å². The maximum atomic E-state index is 13.4. The third-order valence-corrected chi connectivity index (χ3v) is 10.2. The fraction of sp³-hybridized carbons (Fsp3) is 0.371. The van der Waals surface area contributed by atoms with Gasteiger partial charge >= 0.3 is 12.1 Å². The Hall–Kier alpha value is -3.61. The van der Waals surface area contributed by atoms with Gasteiger partial charge in [0.2, 0.25) is 0 Å². The molecule has 4 aromatic rings. The number of esters is 1. The van der Waals surface area contributed by atoms with Gasteiger partial charge in [0, 0.05) is 59.5 Å². The van der Waals surface area contributed by atoms with E-state index in [0.29, 0.717) is 35.0 Å². The Morgan fingerprint density at radius 3 is 2.34 bits per heavy atom. The van der Waals surface area contributed by atoms with E-state index in [1.165, 1.54) is 35.6 Å². The average Bonchev–Trinajstić information content (AvgIpc) is 3.47. The molecule has 1 atom stereocenters. The summed E-state index contributed by atoms with van der Waals surface area (Å²) < 4.78 is 64.0. The van der Waals surface area contributed by atoms with E-state index < -0.39 is 23.8 Å². The Morgan fingerprint density at radius 2 is 1.70 bits per heavy atom. The Kier molecular flexibility index (Phi) is 11.5. The van der Waals surface area contributed by atoms with Gasteiger partial charge in [0.1, 0.15) is 16.6 Å². The molecule has 0 aliphatic carbocycles. The Bertz CT molecular complexity index is 1640. The second-order valence-electron chi connectivity index (χ2n) is 11.1. The van der Waals surface area contributed by atoms with Crippen molar-refractivity contribution >= 4 is 34.8 Å². The SMILES string of the molecule is CCOC(=O)C(C)Oc1ccc(SCc2sc(-c3ccc(C(F)(F)F)cc3)nc2CN2CCN(c3ccc(F)cc3)CC2)cc1CC. The van der Waals surface area contributed by atoms with Gasteiger partial charge in [0.25, 0.3) is 0 Å². The van der Waals surface area contributed by atoms with Gasteiger partial charge in [-0.05, 0) is 80.4 Å². The second-order valence-corrected chi connectivity index (χ2v) is 13.3. The lowest BCUT2D eigenvalue weighted by atomic mass is 10.1. The molecule has 0 amide bonds. The normalized spacial score (nSPS) is 14.7. The minimum atomic E-state index is -4.40. The van der Waals surface area contributed by atoms with E-state index in [0.717, 1.165) is 65.0 Å². The molecule has 250 valence electrons. The van der Waals surface area contributed by atoms with Gasteiger partial charge in [-0.2, -0.15) is 13.2 Å². The van der Waals surface area contributed by atoms with Crippen molar-refractivity contribution < 1.29 is 31.8 Å². The number of hydrogen-bond donors (Lipinski definition) is 0. The molecule has 1 unspecified atom stereocenters. The van der Waals surface area contributed by atoms with Gasteiger partial charge < -0.3 is 14.4 Å². The number of anilines is 1. The Balaban J connectivity index is 1.32. The van der Waals surface area contributed by atoms with Crippen LogP contribution in [0.25, 0.3) is 10.6 Å². The van der Waals surface area contributed by atoms with Crippen molar-refractivity contribution in [1.82, 2.24) is 9.88 Å².